The molecule has 0 spiro atoms. The fourth-order valence-corrected chi connectivity index (χ4v) is 4.36. The number of nitrogens with one attached hydrogen (secondary N) is 2. The number of carbonyl (C=O) groups is 1. The number of hydrogen-bond acceptors (Lipinski definition) is 6. The molecule has 0 fully saturated rings. The van der Waals surface area contributed by atoms with Crippen molar-refractivity contribution < 1.29 is 13.9 Å². The Balaban J connectivity index is 1.77. The summed E-state index contributed by atoms with van der Waals surface area (Å²) >= 11 is 1.52. The normalized spacial score (nSPS) is 11.7. The van der Waals surface area contributed by atoms with Crippen molar-refractivity contribution in [2.45, 2.75) is 19.9 Å². The number of carbonyl (C=O) groups excluding carboxylic acids is 1. The van der Waals surface area contributed by atoms with E-state index in [9.17, 15) is 4.79 Å². The SMILES string of the molecule is COc1ccccc1C(Nc1cccc(C)n1)c1cc(C)sc1NC(=O)c1ccco1. The zero-order chi connectivity index (χ0) is 21.8. The summed E-state index contributed by atoms with van der Waals surface area (Å²) in [6.45, 7) is 3.97. The number of furan rings is 1. The van der Waals surface area contributed by atoms with E-state index in [1.165, 1.54) is 17.6 Å². The Kier molecular flexibility index (Phi) is 6.04. The summed E-state index contributed by atoms with van der Waals surface area (Å²) < 4.78 is 10.9. The number of para-hydroxylation sites is 1. The third-order valence-electron chi connectivity index (χ3n) is 4.80. The van der Waals surface area contributed by atoms with Gasteiger partial charge in [0.25, 0.3) is 5.91 Å². The molecule has 0 radical (unpaired) electrons. The second kappa shape index (κ2) is 9.06. The molecule has 7 heteroatoms. The van der Waals surface area contributed by atoms with Crippen LogP contribution in [0.5, 0.6) is 5.75 Å². The van der Waals surface area contributed by atoms with Crippen LogP contribution in [0.4, 0.5) is 10.8 Å². The lowest BCUT2D eigenvalue weighted by Crippen LogP contribution is -2.17. The highest BCUT2D eigenvalue weighted by atomic mass is 32.1. The Morgan fingerprint density at radius 3 is 2.65 bits per heavy atom. The summed E-state index contributed by atoms with van der Waals surface area (Å²) in [6.07, 6.45) is 1.48. The van der Waals surface area contributed by atoms with Gasteiger partial charge in [0.05, 0.1) is 19.4 Å². The molecule has 4 aromatic rings. The maximum atomic E-state index is 12.7. The van der Waals surface area contributed by atoms with E-state index < -0.39 is 0 Å². The van der Waals surface area contributed by atoms with Gasteiger partial charge >= 0.3 is 0 Å². The minimum Gasteiger partial charge on any atom is -0.496 e. The van der Waals surface area contributed by atoms with Gasteiger partial charge in [0.2, 0.25) is 0 Å². The monoisotopic (exact) mass is 433 g/mol. The number of aryl methyl sites for hydroxylation is 2. The van der Waals surface area contributed by atoms with Gasteiger partial charge in [0.1, 0.15) is 16.6 Å². The molecule has 1 aromatic carbocycles. The molecule has 3 aromatic heterocycles. The van der Waals surface area contributed by atoms with Crippen LogP contribution in [0.2, 0.25) is 0 Å². The molecule has 6 nitrogen and oxygen atoms in total. The number of benzene rings is 1. The summed E-state index contributed by atoms with van der Waals surface area (Å²) in [5.74, 6) is 1.46. The standard InChI is InChI=1S/C24H23N3O3S/c1-15-8-6-12-21(25-15)26-22(17-9-4-5-10-19(17)29-3)18-14-16(2)31-24(18)27-23(28)20-11-7-13-30-20/h4-14,22H,1-3H3,(H,25,26)(H,27,28). The molecule has 0 aliphatic heterocycles. The van der Waals surface area contributed by atoms with Gasteiger partial charge < -0.3 is 19.8 Å². The average Bonchev–Trinajstić information content (AvgIpc) is 3.42. The van der Waals surface area contributed by atoms with Crippen molar-refractivity contribution in [3.63, 3.8) is 0 Å². The Hall–Kier alpha value is -3.58. The molecule has 0 aliphatic carbocycles. The third-order valence-corrected chi connectivity index (χ3v) is 5.78. The number of aromatic nitrogens is 1. The fourth-order valence-electron chi connectivity index (χ4n) is 3.42. The Morgan fingerprint density at radius 1 is 1.06 bits per heavy atom. The Bertz CT molecular complexity index is 1180. The van der Waals surface area contributed by atoms with Gasteiger partial charge in [0.15, 0.2) is 5.76 Å². The maximum absolute atomic E-state index is 12.7. The predicted octanol–water partition coefficient (Wildman–Crippen LogP) is 5.82. The van der Waals surface area contributed by atoms with Crippen LogP contribution >= 0.6 is 11.3 Å². The van der Waals surface area contributed by atoms with Crippen molar-refractivity contribution >= 4 is 28.1 Å². The maximum Gasteiger partial charge on any atom is 0.291 e. The minimum absolute atomic E-state index is 0.263. The molecular weight excluding hydrogens is 410 g/mol. The van der Waals surface area contributed by atoms with Crippen LogP contribution in [0.15, 0.2) is 71.3 Å². The second-order valence-electron chi connectivity index (χ2n) is 7.06. The van der Waals surface area contributed by atoms with Crippen LogP contribution < -0.4 is 15.4 Å². The van der Waals surface area contributed by atoms with Crippen molar-refractivity contribution in [1.29, 1.82) is 0 Å². The van der Waals surface area contributed by atoms with Crippen LogP contribution in [-0.4, -0.2) is 18.0 Å². The second-order valence-corrected chi connectivity index (χ2v) is 8.31. The number of pyridine rings is 1. The topological polar surface area (TPSA) is 76.4 Å². The number of thiophene rings is 1. The minimum atomic E-state index is -0.291. The summed E-state index contributed by atoms with van der Waals surface area (Å²) in [5, 5.41) is 7.28. The summed E-state index contributed by atoms with van der Waals surface area (Å²) in [4.78, 5) is 18.3. The smallest absolute Gasteiger partial charge is 0.291 e. The first kappa shape index (κ1) is 20.7. The predicted molar refractivity (Wildman–Crippen MR) is 123 cm³/mol. The van der Waals surface area contributed by atoms with Gasteiger partial charge in [-0.15, -0.1) is 11.3 Å². The van der Waals surface area contributed by atoms with Crippen molar-refractivity contribution in [1.82, 2.24) is 4.98 Å². The van der Waals surface area contributed by atoms with E-state index in [1.54, 1.807) is 19.2 Å². The van der Waals surface area contributed by atoms with Gasteiger partial charge in [-0.2, -0.15) is 0 Å². The van der Waals surface area contributed by atoms with Crippen molar-refractivity contribution in [2.75, 3.05) is 17.7 Å². The van der Waals surface area contributed by atoms with E-state index in [0.717, 1.165) is 38.3 Å². The number of methoxy groups -OCH3 is 1. The van der Waals surface area contributed by atoms with Crippen molar-refractivity contribution in [3.8, 4) is 5.75 Å². The molecule has 2 N–H and O–H groups in total. The lowest BCUT2D eigenvalue weighted by atomic mass is 9.98. The highest BCUT2D eigenvalue weighted by Gasteiger charge is 2.25. The van der Waals surface area contributed by atoms with E-state index in [-0.39, 0.29) is 17.7 Å². The van der Waals surface area contributed by atoms with E-state index in [1.807, 2.05) is 56.3 Å². The molecule has 4 rings (SSSR count). The Labute approximate surface area is 184 Å². The van der Waals surface area contributed by atoms with Gasteiger partial charge in [-0.25, -0.2) is 4.98 Å². The highest BCUT2D eigenvalue weighted by molar-refractivity contribution is 7.16. The summed E-state index contributed by atoms with van der Waals surface area (Å²) in [6, 6.07) is 18.8. The molecule has 3 heterocycles. The average molecular weight is 434 g/mol. The molecule has 31 heavy (non-hydrogen) atoms. The molecule has 0 saturated carbocycles. The molecular formula is C24H23N3O3S. The van der Waals surface area contributed by atoms with E-state index >= 15 is 0 Å². The number of rotatable bonds is 7. The molecule has 158 valence electrons. The number of ether oxygens (including phenoxy) is 1. The first-order valence-corrected chi connectivity index (χ1v) is 10.6. The van der Waals surface area contributed by atoms with Gasteiger partial charge in [-0.3, -0.25) is 4.79 Å². The quantitative estimate of drug-likeness (QED) is 0.384. The molecule has 0 bridgehead atoms. The van der Waals surface area contributed by atoms with Crippen molar-refractivity contribution in [2.24, 2.45) is 0 Å². The van der Waals surface area contributed by atoms with Crippen LogP contribution in [-0.2, 0) is 0 Å². The largest absolute Gasteiger partial charge is 0.496 e. The first-order chi connectivity index (χ1) is 15.0. The molecule has 1 amide bonds. The fraction of sp³-hybridized carbons (Fsp3) is 0.167. The summed E-state index contributed by atoms with van der Waals surface area (Å²) in [5.41, 5.74) is 2.78. The van der Waals surface area contributed by atoms with E-state index in [2.05, 4.69) is 21.7 Å². The molecule has 1 unspecified atom stereocenters. The zero-order valence-corrected chi connectivity index (χ0v) is 18.3. The van der Waals surface area contributed by atoms with E-state index in [0.29, 0.717) is 0 Å². The number of hydrogen-bond donors (Lipinski definition) is 2. The molecule has 0 aliphatic rings. The van der Waals surface area contributed by atoms with Crippen LogP contribution in [0.3, 0.4) is 0 Å². The van der Waals surface area contributed by atoms with Crippen LogP contribution in [0.25, 0.3) is 0 Å². The third kappa shape index (κ3) is 4.62. The van der Waals surface area contributed by atoms with Crippen molar-refractivity contribution in [3.05, 3.63) is 94.4 Å². The van der Waals surface area contributed by atoms with Gasteiger partial charge in [-0.05, 0) is 50.2 Å². The van der Waals surface area contributed by atoms with Gasteiger partial charge in [0, 0.05) is 21.7 Å². The zero-order valence-electron chi connectivity index (χ0n) is 17.5. The molecule has 1 atom stereocenters. The van der Waals surface area contributed by atoms with Crippen LogP contribution in [0.1, 0.15) is 38.3 Å². The van der Waals surface area contributed by atoms with Gasteiger partial charge in [-0.1, -0.05) is 24.3 Å². The van der Waals surface area contributed by atoms with E-state index in [4.69, 9.17) is 9.15 Å². The lowest BCUT2D eigenvalue weighted by Gasteiger charge is -2.23. The first-order valence-electron chi connectivity index (χ1n) is 9.83. The summed E-state index contributed by atoms with van der Waals surface area (Å²) in [7, 11) is 1.65. The number of nitrogens with zero attached hydrogens (tertiary/aromatic N) is 1. The molecule has 0 saturated heterocycles. The Morgan fingerprint density at radius 2 is 1.90 bits per heavy atom. The number of amides is 1. The lowest BCUT2D eigenvalue weighted by molar-refractivity contribution is 0.0997. The number of anilines is 2. The highest BCUT2D eigenvalue weighted by Crippen LogP contribution is 2.40. The van der Waals surface area contributed by atoms with Crippen LogP contribution in [0, 0.1) is 13.8 Å².